The van der Waals surface area contributed by atoms with Crippen LogP contribution in [-0.4, -0.2) is 146 Å². The molecule has 2 saturated heterocycles. The number of hydrogen-bond donors (Lipinski definition) is 7. The van der Waals surface area contributed by atoms with Crippen LogP contribution in [0.4, 0.5) is 5.69 Å². The molecule has 0 aromatic heterocycles. The maximum Gasteiger partial charge on any atom is 0.311 e. The van der Waals surface area contributed by atoms with Gasteiger partial charge in [-0.15, -0.1) is 0 Å². The van der Waals surface area contributed by atoms with Gasteiger partial charge in [0.05, 0.1) is 29.8 Å². The van der Waals surface area contributed by atoms with Crippen molar-refractivity contribution >= 4 is 39.8 Å². The quantitative estimate of drug-likeness (QED) is 0.110. The molecule has 0 radical (unpaired) electrons. The van der Waals surface area contributed by atoms with E-state index in [-0.39, 0.29) is 30.9 Å². The largest absolute Gasteiger partial charge is 0.459 e. The Kier molecular flexibility index (Phi) is 16.7. The zero-order chi connectivity index (χ0) is 42.4. The summed E-state index contributed by atoms with van der Waals surface area (Å²) in [5, 5.41) is 68.4. The fourth-order valence-corrected chi connectivity index (χ4v) is 9.10. The molecule has 322 valence electrons. The summed E-state index contributed by atoms with van der Waals surface area (Å²) < 4.78 is 18.5. The van der Waals surface area contributed by atoms with Crippen molar-refractivity contribution in [1.29, 1.82) is 0 Å². The Morgan fingerprint density at radius 2 is 1.68 bits per heavy atom. The van der Waals surface area contributed by atoms with Crippen LogP contribution in [0.3, 0.4) is 0 Å². The van der Waals surface area contributed by atoms with E-state index in [1.54, 1.807) is 20.8 Å². The SMILES string of the molecule is CC[C@H]1OC(=O)[C@H](C)[C@@H](O)[C@H](C)[C@@H](O[C@@H]2O[C@H](C)C[C@H](N(C)C)[C@H]2O)[C@](C)(O)C[C@@H](C)CN(CCCNC(=S)Nc2cccc3ccccc23)[C@H](C)[C@@H](O)[C@]1(C)O. The molecule has 2 aromatic carbocycles. The highest BCUT2D eigenvalue weighted by molar-refractivity contribution is 7.80. The smallest absolute Gasteiger partial charge is 0.311 e. The van der Waals surface area contributed by atoms with E-state index in [2.05, 4.69) is 15.5 Å². The number of rotatable bonds is 9. The second kappa shape index (κ2) is 20.2. The Bertz CT molecular complexity index is 1610. The first-order valence-corrected chi connectivity index (χ1v) is 21.0. The average Bonchev–Trinajstić information content (AvgIpc) is 3.15. The highest BCUT2D eigenvalue weighted by Gasteiger charge is 2.50. The van der Waals surface area contributed by atoms with E-state index in [1.807, 2.05) is 82.2 Å². The van der Waals surface area contributed by atoms with Crippen LogP contribution < -0.4 is 10.6 Å². The lowest BCUT2D eigenvalue weighted by atomic mass is 9.78. The molecular weight excluding hydrogens is 749 g/mol. The van der Waals surface area contributed by atoms with Crippen LogP contribution in [0.1, 0.15) is 81.1 Å². The van der Waals surface area contributed by atoms with Crippen molar-refractivity contribution in [2.45, 2.75) is 147 Å². The zero-order valence-corrected chi connectivity index (χ0v) is 36.4. The van der Waals surface area contributed by atoms with Crippen LogP contribution in [0.5, 0.6) is 0 Å². The maximum absolute atomic E-state index is 13.7. The topological polar surface area (TPSA) is 176 Å². The predicted octanol–water partition coefficient (Wildman–Crippen LogP) is 3.88. The number of esters is 1. The molecule has 2 fully saturated rings. The molecule has 57 heavy (non-hydrogen) atoms. The van der Waals surface area contributed by atoms with Gasteiger partial charge in [-0.3, -0.25) is 9.69 Å². The van der Waals surface area contributed by atoms with E-state index >= 15 is 0 Å². The number of ether oxygens (including phenoxy) is 3. The number of nitrogens with zero attached hydrogens (tertiary/aromatic N) is 2. The second-order valence-electron chi connectivity index (χ2n) is 17.4. The van der Waals surface area contributed by atoms with Crippen molar-refractivity contribution in [2.75, 3.05) is 39.0 Å². The Hall–Kier alpha value is -2.50. The molecule has 0 unspecified atom stereocenters. The number of likely N-dealkylation sites (N-methyl/N-ethyl adjacent to an activating group) is 1. The molecule has 0 saturated carbocycles. The Labute approximate surface area is 345 Å². The monoisotopic (exact) mass is 818 g/mol. The van der Waals surface area contributed by atoms with Gasteiger partial charge in [-0.1, -0.05) is 57.2 Å². The molecular formula is C43H70N4O9S. The van der Waals surface area contributed by atoms with Crippen molar-refractivity contribution in [3.63, 3.8) is 0 Å². The third kappa shape index (κ3) is 11.6. The lowest BCUT2D eigenvalue weighted by Crippen LogP contribution is -2.59. The van der Waals surface area contributed by atoms with Crippen LogP contribution in [-0.2, 0) is 19.0 Å². The molecule has 14 atom stereocenters. The third-order valence-electron chi connectivity index (χ3n) is 12.2. The van der Waals surface area contributed by atoms with E-state index in [9.17, 15) is 30.3 Å². The summed E-state index contributed by atoms with van der Waals surface area (Å²) in [4.78, 5) is 17.7. The number of aliphatic hydroxyl groups is 5. The number of carbonyl (C=O) groups excluding carboxylic acids is 1. The first-order valence-electron chi connectivity index (χ1n) is 20.6. The fraction of sp³-hybridized carbons (Fsp3) is 0.721. The van der Waals surface area contributed by atoms with E-state index < -0.39 is 71.9 Å². The zero-order valence-electron chi connectivity index (χ0n) is 35.6. The molecule has 2 aliphatic heterocycles. The van der Waals surface area contributed by atoms with Gasteiger partial charge in [0.15, 0.2) is 11.4 Å². The predicted molar refractivity (Wildman–Crippen MR) is 227 cm³/mol. The molecule has 7 N–H and O–H groups in total. The van der Waals surface area contributed by atoms with Gasteiger partial charge in [-0.05, 0) is 104 Å². The number of nitrogens with one attached hydrogen (secondary N) is 2. The second-order valence-corrected chi connectivity index (χ2v) is 17.8. The minimum atomic E-state index is -1.84. The molecule has 14 heteroatoms. The van der Waals surface area contributed by atoms with E-state index in [4.69, 9.17) is 26.4 Å². The van der Waals surface area contributed by atoms with Gasteiger partial charge in [0, 0.05) is 48.7 Å². The average molecular weight is 819 g/mol. The lowest BCUT2D eigenvalue weighted by Gasteiger charge is -2.46. The van der Waals surface area contributed by atoms with Gasteiger partial charge in [-0.25, -0.2) is 0 Å². The summed E-state index contributed by atoms with van der Waals surface area (Å²) in [5.74, 6) is -2.86. The highest BCUT2D eigenvalue weighted by Crippen LogP contribution is 2.37. The summed E-state index contributed by atoms with van der Waals surface area (Å²) in [6.45, 7) is 15.3. The molecule has 2 aromatic rings. The van der Waals surface area contributed by atoms with Crippen LogP contribution >= 0.6 is 12.2 Å². The van der Waals surface area contributed by atoms with Crippen molar-refractivity contribution in [3.8, 4) is 0 Å². The van der Waals surface area contributed by atoms with Crippen molar-refractivity contribution in [1.82, 2.24) is 15.1 Å². The number of anilines is 1. The van der Waals surface area contributed by atoms with Gasteiger partial charge >= 0.3 is 5.97 Å². The molecule has 2 aliphatic rings. The number of thiocarbonyl (C=S) groups is 1. The minimum Gasteiger partial charge on any atom is -0.459 e. The Balaban J connectivity index is 1.59. The number of aliphatic hydroxyl groups excluding tert-OH is 3. The van der Waals surface area contributed by atoms with E-state index in [0.29, 0.717) is 37.6 Å². The first kappa shape index (κ1) is 47.2. The summed E-state index contributed by atoms with van der Waals surface area (Å²) in [5.41, 5.74) is -2.51. The van der Waals surface area contributed by atoms with Crippen LogP contribution in [0.2, 0.25) is 0 Å². The van der Waals surface area contributed by atoms with Gasteiger partial charge in [0.2, 0.25) is 0 Å². The van der Waals surface area contributed by atoms with Gasteiger partial charge in [-0.2, -0.15) is 0 Å². The van der Waals surface area contributed by atoms with Crippen molar-refractivity contribution < 1.29 is 44.5 Å². The summed E-state index contributed by atoms with van der Waals surface area (Å²) in [6, 6.07) is 13.2. The van der Waals surface area contributed by atoms with Crippen LogP contribution in [0.15, 0.2) is 42.5 Å². The lowest BCUT2D eigenvalue weighted by molar-refractivity contribution is -0.299. The van der Waals surface area contributed by atoms with Crippen LogP contribution in [0, 0.1) is 17.8 Å². The molecule has 0 bridgehead atoms. The minimum absolute atomic E-state index is 0.190. The summed E-state index contributed by atoms with van der Waals surface area (Å²) >= 11 is 5.65. The number of hydrogen-bond acceptors (Lipinski definition) is 12. The Morgan fingerprint density at radius 3 is 2.35 bits per heavy atom. The first-order chi connectivity index (χ1) is 26.7. The highest BCUT2D eigenvalue weighted by atomic mass is 32.1. The van der Waals surface area contributed by atoms with Gasteiger partial charge in [0.25, 0.3) is 0 Å². The number of benzene rings is 2. The van der Waals surface area contributed by atoms with E-state index in [1.165, 1.54) is 13.8 Å². The molecule has 2 heterocycles. The van der Waals surface area contributed by atoms with Crippen molar-refractivity contribution in [2.24, 2.45) is 17.8 Å². The molecule has 0 amide bonds. The molecule has 0 spiro atoms. The maximum atomic E-state index is 13.7. The fourth-order valence-electron chi connectivity index (χ4n) is 8.88. The van der Waals surface area contributed by atoms with Gasteiger partial charge < -0.3 is 55.3 Å². The number of fused-ring (bicyclic) bond motifs is 1. The molecule has 13 nitrogen and oxygen atoms in total. The number of carbonyl (C=O) groups is 1. The third-order valence-corrected chi connectivity index (χ3v) is 12.5. The Morgan fingerprint density at radius 1 is 1.02 bits per heavy atom. The molecule has 4 rings (SSSR count). The van der Waals surface area contributed by atoms with Crippen LogP contribution in [0.25, 0.3) is 10.8 Å². The van der Waals surface area contributed by atoms with E-state index in [0.717, 1.165) is 16.5 Å². The summed E-state index contributed by atoms with van der Waals surface area (Å²) in [6.07, 6.45) is -5.60. The number of cyclic esters (lactones) is 1. The van der Waals surface area contributed by atoms with Gasteiger partial charge in [0.1, 0.15) is 23.9 Å². The normalized spacial score (nSPS) is 37.9. The standard InChI is InChI=1S/C43H70N4O9S/c1-11-34-43(8,53)37(50)29(6)47(21-15-20-44-41(57)45-32-19-14-17-30-16-12-13-18-31(30)32)24-25(2)23-42(7,52)38(27(4)35(48)28(5)39(51)55-34)56-40-36(49)33(46(9)10)22-26(3)54-40/h12-14,16-19,25-29,33-38,40,48-50,52-53H,11,15,20-24H2,1-10H3,(H2,44,45,57)/t25-,26-,27+,28-,29-,33+,34-,35+,36-,37-,38-,40+,42-,43-/m1/s1. The van der Waals surface area contributed by atoms with Crippen molar-refractivity contribution in [3.05, 3.63) is 42.5 Å². The molecule has 0 aliphatic carbocycles. The summed E-state index contributed by atoms with van der Waals surface area (Å²) in [7, 11) is 3.76.